The first-order valence-corrected chi connectivity index (χ1v) is 7.74. The second kappa shape index (κ2) is 7.21. The van der Waals surface area contributed by atoms with E-state index in [2.05, 4.69) is 15.3 Å². The fourth-order valence-corrected chi connectivity index (χ4v) is 2.36. The number of aryl methyl sites for hydroxylation is 3. The summed E-state index contributed by atoms with van der Waals surface area (Å²) in [5.41, 5.74) is 4.01. The van der Waals surface area contributed by atoms with Crippen molar-refractivity contribution in [2.24, 2.45) is 0 Å². The molecule has 24 heavy (non-hydrogen) atoms. The molecule has 1 N–H and O–H groups in total. The van der Waals surface area contributed by atoms with Gasteiger partial charge in [0.1, 0.15) is 5.69 Å². The summed E-state index contributed by atoms with van der Waals surface area (Å²) < 4.78 is 5.00. The van der Waals surface area contributed by atoms with E-state index >= 15 is 0 Å². The van der Waals surface area contributed by atoms with Crippen molar-refractivity contribution in [3.63, 3.8) is 0 Å². The van der Waals surface area contributed by atoms with Crippen LogP contribution < -0.4 is 5.32 Å². The molecule has 0 bridgehead atoms. The maximum absolute atomic E-state index is 12.6. The van der Waals surface area contributed by atoms with Crippen LogP contribution in [-0.2, 0) is 4.74 Å². The van der Waals surface area contributed by atoms with Crippen molar-refractivity contribution in [2.75, 3.05) is 11.9 Å². The Bertz CT molecular complexity index is 800. The summed E-state index contributed by atoms with van der Waals surface area (Å²) in [6, 6.07) is 3.71. The Balaban J connectivity index is 2.38. The van der Waals surface area contributed by atoms with Gasteiger partial charge in [0, 0.05) is 17.5 Å². The number of hydrogen-bond acceptors (Lipinski definition) is 5. The zero-order valence-electron chi connectivity index (χ0n) is 14.6. The summed E-state index contributed by atoms with van der Waals surface area (Å²) in [6.45, 7) is 9.22. The topological polar surface area (TPSA) is 81.2 Å². The molecule has 6 heteroatoms. The molecule has 2 aromatic heterocycles. The van der Waals surface area contributed by atoms with Crippen molar-refractivity contribution < 1.29 is 14.3 Å². The summed E-state index contributed by atoms with van der Waals surface area (Å²) in [5, 5.41) is 2.85. The van der Waals surface area contributed by atoms with Crippen molar-refractivity contribution in [3.05, 3.63) is 52.1 Å². The van der Waals surface area contributed by atoms with E-state index < -0.39 is 5.97 Å². The largest absolute Gasteiger partial charge is 0.461 e. The first kappa shape index (κ1) is 17.6. The number of anilines is 1. The van der Waals surface area contributed by atoms with Gasteiger partial charge < -0.3 is 10.1 Å². The first-order chi connectivity index (χ1) is 11.3. The van der Waals surface area contributed by atoms with Crippen molar-refractivity contribution >= 4 is 17.6 Å². The van der Waals surface area contributed by atoms with Gasteiger partial charge in [0.15, 0.2) is 5.69 Å². The zero-order valence-corrected chi connectivity index (χ0v) is 14.6. The maximum Gasteiger partial charge on any atom is 0.357 e. The highest BCUT2D eigenvalue weighted by Crippen LogP contribution is 2.23. The molecular formula is C18H21N3O3. The molecule has 0 saturated carbocycles. The highest BCUT2D eigenvalue weighted by Gasteiger charge is 2.19. The molecule has 0 spiro atoms. The number of amides is 1. The van der Waals surface area contributed by atoms with Gasteiger partial charge in [-0.25, -0.2) is 14.8 Å². The number of nitrogens with one attached hydrogen (secondary N) is 1. The number of esters is 1. The van der Waals surface area contributed by atoms with Crippen LogP contribution in [0.3, 0.4) is 0 Å². The van der Waals surface area contributed by atoms with E-state index in [-0.39, 0.29) is 18.2 Å². The van der Waals surface area contributed by atoms with Gasteiger partial charge in [-0.3, -0.25) is 4.79 Å². The zero-order chi connectivity index (χ0) is 17.9. The predicted molar refractivity (Wildman–Crippen MR) is 91.3 cm³/mol. The first-order valence-electron chi connectivity index (χ1n) is 7.74. The molecule has 0 radical (unpaired) electrons. The second-order valence-corrected chi connectivity index (χ2v) is 5.58. The van der Waals surface area contributed by atoms with Gasteiger partial charge in [-0.15, -0.1) is 0 Å². The van der Waals surface area contributed by atoms with Crippen molar-refractivity contribution in [1.29, 1.82) is 0 Å². The van der Waals surface area contributed by atoms with Gasteiger partial charge in [0.05, 0.1) is 12.3 Å². The van der Waals surface area contributed by atoms with E-state index in [0.29, 0.717) is 16.9 Å². The van der Waals surface area contributed by atoms with E-state index in [1.54, 1.807) is 20.0 Å². The Kier molecular flexibility index (Phi) is 5.28. The quantitative estimate of drug-likeness (QED) is 0.873. The van der Waals surface area contributed by atoms with Crippen molar-refractivity contribution in [3.8, 4) is 0 Å². The van der Waals surface area contributed by atoms with Crippen LogP contribution >= 0.6 is 0 Å². The van der Waals surface area contributed by atoms with Gasteiger partial charge in [0.2, 0.25) is 0 Å². The van der Waals surface area contributed by atoms with Crippen LogP contribution in [0.1, 0.15) is 50.3 Å². The minimum absolute atomic E-state index is 0.201. The molecule has 2 heterocycles. The molecule has 0 fully saturated rings. The van der Waals surface area contributed by atoms with Crippen LogP contribution in [0.5, 0.6) is 0 Å². The maximum atomic E-state index is 12.6. The molecule has 0 unspecified atom stereocenters. The lowest BCUT2D eigenvalue weighted by Gasteiger charge is -2.14. The number of nitrogens with zero attached hydrogens (tertiary/aromatic N) is 2. The summed E-state index contributed by atoms with van der Waals surface area (Å²) in [7, 11) is 0. The van der Waals surface area contributed by atoms with Gasteiger partial charge in [0.25, 0.3) is 5.91 Å². The minimum Gasteiger partial charge on any atom is -0.461 e. The number of carbonyl (C=O) groups excluding carboxylic acids is 2. The molecule has 0 aliphatic rings. The molecule has 0 aliphatic heterocycles. The number of hydrogen-bond donors (Lipinski definition) is 1. The number of carbonyl (C=O) groups is 2. The van der Waals surface area contributed by atoms with E-state index in [1.807, 2.05) is 32.9 Å². The summed E-state index contributed by atoms with van der Waals surface area (Å²) in [5.74, 6) is -0.821. The Morgan fingerprint density at radius 2 is 1.79 bits per heavy atom. The highest BCUT2D eigenvalue weighted by atomic mass is 16.5. The second-order valence-electron chi connectivity index (χ2n) is 5.58. The average Bonchev–Trinajstić information content (AvgIpc) is 2.53. The average molecular weight is 327 g/mol. The Hall–Kier alpha value is -2.76. The monoisotopic (exact) mass is 327 g/mol. The lowest BCUT2D eigenvalue weighted by Crippen LogP contribution is -2.19. The summed E-state index contributed by atoms with van der Waals surface area (Å²) >= 11 is 0. The summed E-state index contributed by atoms with van der Waals surface area (Å²) in [6.07, 6.45) is 1.55. The van der Waals surface area contributed by atoms with Crippen LogP contribution in [0, 0.1) is 27.7 Å². The fourth-order valence-electron chi connectivity index (χ4n) is 2.36. The predicted octanol–water partition coefficient (Wildman–Crippen LogP) is 3.14. The molecule has 0 aliphatic carbocycles. The van der Waals surface area contributed by atoms with Crippen LogP contribution in [0.2, 0.25) is 0 Å². The van der Waals surface area contributed by atoms with Crippen LogP contribution in [-0.4, -0.2) is 28.5 Å². The Labute approximate surface area is 141 Å². The third kappa shape index (κ3) is 3.59. The van der Waals surface area contributed by atoms with E-state index in [1.165, 1.54) is 0 Å². The molecule has 2 rings (SSSR count). The Morgan fingerprint density at radius 3 is 2.46 bits per heavy atom. The van der Waals surface area contributed by atoms with Gasteiger partial charge >= 0.3 is 5.97 Å². The fraction of sp³-hybridized carbons (Fsp3) is 0.333. The number of rotatable bonds is 4. The normalized spacial score (nSPS) is 10.4. The van der Waals surface area contributed by atoms with Crippen molar-refractivity contribution in [2.45, 2.75) is 34.6 Å². The molecule has 0 atom stereocenters. The minimum atomic E-state index is -0.504. The number of pyridine rings is 2. The summed E-state index contributed by atoms with van der Waals surface area (Å²) in [4.78, 5) is 33.0. The van der Waals surface area contributed by atoms with E-state index in [9.17, 15) is 9.59 Å². The van der Waals surface area contributed by atoms with E-state index in [0.717, 1.165) is 16.8 Å². The standard InChI is InChI=1S/C18H21N3O3/c1-6-24-18(23)16-13(5)14(11(3)9-19-16)21-17(22)15-10(2)7-8-12(4)20-15/h7-9H,6H2,1-5H3,(H,19,21,22). The lowest BCUT2D eigenvalue weighted by molar-refractivity contribution is 0.0518. The smallest absolute Gasteiger partial charge is 0.357 e. The van der Waals surface area contributed by atoms with Gasteiger partial charge in [-0.05, 0) is 51.8 Å². The van der Waals surface area contributed by atoms with Crippen LogP contribution in [0.15, 0.2) is 18.3 Å². The van der Waals surface area contributed by atoms with Gasteiger partial charge in [-0.1, -0.05) is 6.07 Å². The third-order valence-electron chi connectivity index (χ3n) is 3.67. The third-order valence-corrected chi connectivity index (χ3v) is 3.67. The highest BCUT2D eigenvalue weighted by molar-refractivity contribution is 6.05. The molecular weight excluding hydrogens is 306 g/mol. The molecule has 6 nitrogen and oxygen atoms in total. The van der Waals surface area contributed by atoms with E-state index in [4.69, 9.17) is 4.74 Å². The van der Waals surface area contributed by atoms with Crippen LogP contribution in [0.4, 0.5) is 5.69 Å². The molecule has 0 saturated heterocycles. The van der Waals surface area contributed by atoms with Crippen molar-refractivity contribution in [1.82, 2.24) is 9.97 Å². The number of aromatic nitrogens is 2. The SMILES string of the molecule is CCOC(=O)c1ncc(C)c(NC(=O)c2nc(C)ccc2C)c1C. The Morgan fingerprint density at radius 1 is 1.08 bits per heavy atom. The molecule has 126 valence electrons. The molecule has 2 aromatic rings. The number of ether oxygens (including phenoxy) is 1. The molecule has 1 amide bonds. The van der Waals surface area contributed by atoms with Gasteiger partial charge in [-0.2, -0.15) is 0 Å². The van der Waals surface area contributed by atoms with Crippen LogP contribution in [0.25, 0.3) is 0 Å². The lowest BCUT2D eigenvalue weighted by atomic mass is 10.1. The molecule has 0 aromatic carbocycles.